The molecule has 0 saturated carbocycles. The summed E-state index contributed by atoms with van der Waals surface area (Å²) >= 11 is 5.34. The molecule has 0 saturated heterocycles. The fourth-order valence-corrected chi connectivity index (χ4v) is 3.17. The van der Waals surface area contributed by atoms with E-state index < -0.39 is 0 Å². The highest BCUT2D eigenvalue weighted by Crippen LogP contribution is 2.20. The number of nitrogens with one attached hydrogen (secondary N) is 2. The lowest BCUT2D eigenvalue weighted by Crippen LogP contribution is -2.38. The first-order valence-corrected chi connectivity index (χ1v) is 9.08. The number of nitrogens with zero attached hydrogens (tertiary/aromatic N) is 2. The second-order valence-electron chi connectivity index (χ2n) is 3.42. The van der Waals surface area contributed by atoms with E-state index in [1.165, 1.54) is 0 Å². The van der Waals surface area contributed by atoms with E-state index >= 15 is 0 Å². The standard InChI is InChI=1S/C11H20N4S3.HI/c1-12-10(14-5-8-16-2)13-4-3-7-17-11-15-6-9-18-11;/h6,9H,3-5,7-8H2,1-2H3,(H2,12,13,14);1H. The van der Waals surface area contributed by atoms with Crippen LogP contribution in [0.3, 0.4) is 0 Å². The van der Waals surface area contributed by atoms with Gasteiger partial charge in [-0.05, 0) is 12.7 Å². The Morgan fingerprint density at radius 2 is 2.16 bits per heavy atom. The highest BCUT2D eigenvalue weighted by Gasteiger charge is 1.98. The van der Waals surface area contributed by atoms with Crippen LogP contribution < -0.4 is 10.6 Å². The summed E-state index contributed by atoms with van der Waals surface area (Å²) in [4.78, 5) is 8.41. The van der Waals surface area contributed by atoms with Crippen molar-refractivity contribution in [1.29, 1.82) is 0 Å². The van der Waals surface area contributed by atoms with Crippen molar-refractivity contribution in [2.75, 3.05) is 37.9 Å². The molecule has 4 nitrogen and oxygen atoms in total. The maximum atomic E-state index is 4.24. The summed E-state index contributed by atoms with van der Waals surface area (Å²) in [5, 5.41) is 8.60. The summed E-state index contributed by atoms with van der Waals surface area (Å²) in [6.07, 6.45) is 5.06. The molecular formula is C11H21IN4S3. The van der Waals surface area contributed by atoms with Gasteiger partial charge in [0.15, 0.2) is 5.96 Å². The Morgan fingerprint density at radius 3 is 2.79 bits per heavy atom. The third-order valence-corrected chi connectivity index (χ3v) is 4.74. The lowest BCUT2D eigenvalue weighted by Gasteiger charge is -2.10. The number of aromatic nitrogens is 1. The number of halogens is 1. The molecule has 1 aromatic heterocycles. The number of hydrogen-bond donors (Lipinski definition) is 2. The van der Waals surface area contributed by atoms with Crippen LogP contribution in [0.25, 0.3) is 0 Å². The number of hydrogen-bond acceptors (Lipinski definition) is 5. The van der Waals surface area contributed by atoms with Gasteiger partial charge in [-0.2, -0.15) is 11.8 Å². The monoisotopic (exact) mass is 432 g/mol. The molecule has 19 heavy (non-hydrogen) atoms. The molecule has 0 amide bonds. The van der Waals surface area contributed by atoms with Gasteiger partial charge in [0.25, 0.3) is 0 Å². The fraction of sp³-hybridized carbons (Fsp3) is 0.636. The summed E-state index contributed by atoms with van der Waals surface area (Å²) in [7, 11) is 1.80. The molecule has 0 unspecified atom stereocenters. The third-order valence-electron chi connectivity index (χ3n) is 2.07. The molecule has 0 bridgehead atoms. The summed E-state index contributed by atoms with van der Waals surface area (Å²) in [5.74, 6) is 3.08. The summed E-state index contributed by atoms with van der Waals surface area (Å²) < 4.78 is 1.15. The predicted octanol–water partition coefficient (Wildman–Crippen LogP) is 2.77. The molecule has 0 spiro atoms. The van der Waals surface area contributed by atoms with Gasteiger partial charge in [0.2, 0.25) is 0 Å². The lowest BCUT2D eigenvalue weighted by molar-refractivity contribution is 0.800. The number of aliphatic imine (C=N–C) groups is 1. The first-order valence-electron chi connectivity index (χ1n) is 5.82. The predicted molar refractivity (Wildman–Crippen MR) is 101 cm³/mol. The third kappa shape index (κ3) is 9.80. The van der Waals surface area contributed by atoms with E-state index in [0.29, 0.717) is 0 Å². The number of thiazole rings is 1. The molecule has 1 heterocycles. The van der Waals surface area contributed by atoms with Crippen LogP contribution in [0.4, 0.5) is 0 Å². The molecule has 0 aliphatic rings. The Morgan fingerprint density at radius 1 is 1.37 bits per heavy atom. The summed E-state index contributed by atoms with van der Waals surface area (Å²) in [6, 6.07) is 0. The highest BCUT2D eigenvalue weighted by atomic mass is 127. The van der Waals surface area contributed by atoms with Crippen LogP contribution in [0.1, 0.15) is 6.42 Å². The molecule has 0 radical (unpaired) electrons. The fourth-order valence-electron chi connectivity index (χ4n) is 1.21. The van der Waals surface area contributed by atoms with E-state index in [1.54, 1.807) is 18.4 Å². The molecule has 2 N–H and O–H groups in total. The van der Waals surface area contributed by atoms with E-state index in [0.717, 1.165) is 41.3 Å². The Labute approximate surface area is 145 Å². The van der Waals surface area contributed by atoms with Gasteiger partial charge in [0.05, 0.1) is 0 Å². The smallest absolute Gasteiger partial charge is 0.191 e. The Balaban J connectivity index is 0.00000324. The van der Waals surface area contributed by atoms with Crippen LogP contribution >= 0.6 is 58.8 Å². The highest BCUT2D eigenvalue weighted by molar-refractivity contribution is 14.0. The average molecular weight is 432 g/mol. The number of guanidine groups is 1. The van der Waals surface area contributed by atoms with Gasteiger partial charge in [-0.25, -0.2) is 4.98 Å². The van der Waals surface area contributed by atoms with Crippen LogP contribution in [-0.4, -0.2) is 48.8 Å². The molecule has 110 valence electrons. The van der Waals surface area contributed by atoms with Gasteiger partial charge >= 0.3 is 0 Å². The van der Waals surface area contributed by atoms with Gasteiger partial charge in [-0.3, -0.25) is 4.99 Å². The Hall–Kier alpha value is 0.330. The van der Waals surface area contributed by atoms with E-state index in [-0.39, 0.29) is 24.0 Å². The van der Waals surface area contributed by atoms with Crippen molar-refractivity contribution in [1.82, 2.24) is 15.6 Å². The van der Waals surface area contributed by atoms with Crippen LogP contribution in [-0.2, 0) is 0 Å². The van der Waals surface area contributed by atoms with Crippen molar-refractivity contribution in [3.63, 3.8) is 0 Å². The topological polar surface area (TPSA) is 49.3 Å². The van der Waals surface area contributed by atoms with E-state index in [2.05, 4.69) is 26.9 Å². The van der Waals surface area contributed by atoms with Crippen LogP contribution in [0.15, 0.2) is 20.9 Å². The average Bonchev–Trinajstić information content (AvgIpc) is 2.89. The molecule has 8 heteroatoms. The van der Waals surface area contributed by atoms with Crippen molar-refractivity contribution >= 4 is 64.8 Å². The maximum absolute atomic E-state index is 4.24. The first-order chi connectivity index (χ1) is 8.86. The normalized spacial score (nSPS) is 10.9. The van der Waals surface area contributed by atoms with Crippen LogP contribution in [0.5, 0.6) is 0 Å². The van der Waals surface area contributed by atoms with Gasteiger partial charge in [-0.1, -0.05) is 11.8 Å². The maximum Gasteiger partial charge on any atom is 0.191 e. The minimum absolute atomic E-state index is 0. The van der Waals surface area contributed by atoms with Gasteiger partial charge in [0, 0.05) is 43.2 Å². The van der Waals surface area contributed by atoms with Crippen LogP contribution in [0, 0.1) is 0 Å². The van der Waals surface area contributed by atoms with Gasteiger partial charge in [0.1, 0.15) is 4.34 Å². The van der Waals surface area contributed by atoms with Crippen molar-refractivity contribution < 1.29 is 0 Å². The second kappa shape index (κ2) is 13.3. The molecule has 1 rings (SSSR count). The SMILES string of the molecule is CN=C(NCCCSc1nccs1)NCCSC.I. The molecule has 1 aromatic rings. The second-order valence-corrected chi connectivity index (χ2v) is 6.64. The summed E-state index contributed by atoms with van der Waals surface area (Å²) in [6.45, 7) is 1.89. The zero-order valence-corrected chi connectivity index (χ0v) is 16.0. The minimum atomic E-state index is 0. The lowest BCUT2D eigenvalue weighted by atomic mass is 10.5. The first kappa shape index (κ1) is 19.3. The summed E-state index contributed by atoms with van der Waals surface area (Å²) in [5.41, 5.74) is 0. The zero-order valence-electron chi connectivity index (χ0n) is 11.2. The molecule has 0 fully saturated rings. The molecule has 0 aromatic carbocycles. The van der Waals surface area contributed by atoms with Crippen molar-refractivity contribution in [3.05, 3.63) is 11.6 Å². The van der Waals surface area contributed by atoms with Crippen LogP contribution in [0.2, 0.25) is 0 Å². The zero-order chi connectivity index (χ0) is 13.1. The van der Waals surface area contributed by atoms with Gasteiger partial charge in [-0.15, -0.1) is 35.3 Å². The number of rotatable bonds is 8. The number of thioether (sulfide) groups is 2. The van der Waals surface area contributed by atoms with E-state index in [9.17, 15) is 0 Å². The van der Waals surface area contributed by atoms with E-state index in [1.807, 2.05) is 35.1 Å². The molecular weight excluding hydrogens is 411 g/mol. The van der Waals surface area contributed by atoms with Crippen molar-refractivity contribution in [2.45, 2.75) is 10.8 Å². The molecule has 0 aliphatic heterocycles. The Bertz CT molecular complexity index is 333. The molecule has 0 atom stereocenters. The van der Waals surface area contributed by atoms with E-state index in [4.69, 9.17) is 0 Å². The molecule has 0 aliphatic carbocycles. The van der Waals surface area contributed by atoms with Gasteiger partial charge < -0.3 is 10.6 Å². The quantitative estimate of drug-likeness (QED) is 0.218. The largest absolute Gasteiger partial charge is 0.356 e. The minimum Gasteiger partial charge on any atom is -0.356 e. The van der Waals surface area contributed by atoms with Crippen molar-refractivity contribution in [2.24, 2.45) is 4.99 Å². The van der Waals surface area contributed by atoms with Crippen molar-refractivity contribution in [3.8, 4) is 0 Å². The Kier molecular flexibility index (Phi) is 13.6.